The van der Waals surface area contributed by atoms with Crippen molar-refractivity contribution >= 4 is 0 Å². The van der Waals surface area contributed by atoms with Crippen LogP contribution in [0.4, 0.5) is 0 Å². The van der Waals surface area contributed by atoms with Crippen LogP contribution in [0.25, 0.3) is 0 Å². The standard InChI is InChI=1S/C15H21N3O2/c1-3-5-15-17-14(18-20-15)10-19-12-8-6-11(7-9-12)13(16)4-2/h6-9,13H,3-5,10,16H2,1-2H3/t13-/m0/s1. The third kappa shape index (κ3) is 3.81. The molecule has 0 spiro atoms. The fourth-order valence-corrected chi connectivity index (χ4v) is 1.86. The first-order valence-electron chi connectivity index (χ1n) is 7.02. The zero-order valence-electron chi connectivity index (χ0n) is 12.0. The van der Waals surface area contributed by atoms with Crippen LogP contribution < -0.4 is 10.5 Å². The molecule has 0 saturated carbocycles. The van der Waals surface area contributed by atoms with Gasteiger partial charge in [0.15, 0.2) is 6.61 Å². The van der Waals surface area contributed by atoms with E-state index in [1.54, 1.807) is 0 Å². The summed E-state index contributed by atoms with van der Waals surface area (Å²) in [6.07, 6.45) is 2.71. The summed E-state index contributed by atoms with van der Waals surface area (Å²) < 4.78 is 10.7. The molecule has 2 N–H and O–H groups in total. The molecule has 0 bridgehead atoms. The van der Waals surface area contributed by atoms with E-state index in [0.717, 1.165) is 30.6 Å². The average molecular weight is 275 g/mol. The van der Waals surface area contributed by atoms with E-state index in [2.05, 4.69) is 24.0 Å². The van der Waals surface area contributed by atoms with E-state index in [9.17, 15) is 0 Å². The molecular weight excluding hydrogens is 254 g/mol. The Bertz CT molecular complexity index is 522. The van der Waals surface area contributed by atoms with Gasteiger partial charge in [0.05, 0.1) is 0 Å². The third-order valence-corrected chi connectivity index (χ3v) is 3.09. The Morgan fingerprint density at radius 1 is 1.25 bits per heavy atom. The maximum Gasteiger partial charge on any atom is 0.226 e. The van der Waals surface area contributed by atoms with Gasteiger partial charge in [-0.15, -0.1) is 0 Å². The predicted molar refractivity (Wildman–Crippen MR) is 76.3 cm³/mol. The molecule has 20 heavy (non-hydrogen) atoms. The van der Waals surface area contributed by atoms with Crippen molar-refractivity contribution in [3.63, 3.8) is 0 Å². The zero-order chi connectivity index (χ0) is 14.4. The fourth-order valence-electron chi connectivity index (χ4n) is 1.86. The van der Waals surface area contributed by atoms with Gasteiger partial charge >= 0.3 is 0 Å². The van der Waals surface area contributed by atoms with Gasteiger partial charge in [0, 0.05) is 12.5 Å². The Kier molecular flexibility index (Phi) is 5.12. The maximum absolute atomic E-state index is 5.97. The van der Waals surface area contributed by atoms with Gasteiger partial charge in [0.2, 0.25) is 11.7 Å². The van der Waals surface area contributed by atoms with Gasteiger partial charge in [0.25, 0.3) is 0 Å². The fraction of sp³-hybridized carbons (Fsp3) is 0.467. The molecule has 2 aromatic rings. The molecule has 0 aliphatic heterocycles. The van der Waals surface area contributed by atoms with Crippen molar-refractivity contribution in [2.75, 3.05) is 0 Å². The van der Waals surface area contributed by atoms with Crippen LogP contribution in [0.15, 0.2) is 28.8 Å². The minimum atomic E-state index is 0.0814. The number of nitrogens with two attached hydrogens (primary N) is 1. The number of aryl methyl sites for hydroxylation is 1. The van der Waals surface area contributed by atoms with Crippen LogP contribution in [0.1, 0.15) is 50.0 Å². The summed E-state index contributed by atoms with van der Waals surface area (Å²) in [4.78, 5) is 4.25. The van der Waals surface area contributed by atoms with Crippen LogP contribution in [0.5, 0.6) is 5.75 Å². The van der Waals surface area contributed by atoms with Crippen molar-refractivity contribution in [1.82, 2.24) is 10.1 Å². The van der Waals surface area contributed by atoms with Crippen LogP contribution in [0, 0.1) is 0 Å². The molecule has 1 aromatic carbocycles. The molecule has 5 nitrogen and oxygen atoms in total. The summed E-state index contributed by atoms with van der Waals surface area (Å²) in [6.45, 7) is 4.45. The first-order valence-corrected chi connectivity index (χ1v) is 7.02. The largest absolute Gasteiger partial charge is 0.485 e. The van der Waals surface area contributed by atoms with Crippen LogP contribution in [-0.4, -0.2) is 10.1 Å². The van der Waals surface area contributed by atoms with Crippen molar-refractivity contribution in [2.24, 2.45) is 5.73 Å². The average Bonchev–Trinajstić information content (AvgIpc) is 2.93. The highest BCUT2D eigenvalue weighted by atomic mass is 16.5. The van der Waals surface area contributed by atoms with Gasteiger partial charge in [-0.3, -0.25) is 0 Å². The number of nitrogens with zero attached hydrogens (tertiary/aromatic N) is 2. The summed E-state index contributed by atoms with van der Waals surface area (Å²) >= 11 is 0. The van der Waals surface area contributed by atoms with Crippen molar-refractivity contribution in [3.8, 4) is 5.75 Å². The number of aromatic nitrogens is 2. The van der Waals surface area contributed by atoms with E-state index in [-0.39, 0.29) is 6.04 Å². The minimum Gasteiger partial charge on any atom is -0.485 e. The number of hydrogen-bond acceptors (Lipinski definition) is 5. The Morgan fingerprint density at radius 2 is 2.00 bits per heavy atom. The van der Waals surface area contributed by atoms with E-state index in [4.69, 9.17) is 15.0 Å². The summed E-state index contributed by atoms with van der Waals surface area (Å²) in [5, 5.41) is 3.88. The Hall–Kier alpha value is -1.88. The SMILES string of the molecule is CCCc1nc(COc2ccc([C@@H](N)CC)cc2)no1. The first-order chi connectivity index (χ1) is 9.72. The molecule has 0 fully saturated rings. The van der Waals surface area contributed by atoms with E-state index in [1.165, 1.54) is 0 Å². The molecular formula is C15H21N3O2. The minimum absolute atomic E-state index is 0.0814. The molecule has 5 heteroatoms. The molecule has 1 atom stereocenters. The van der Waals surface area contributed by atoms with E-state index in [1.807, 2.05) is 24.3 Å². The van der Waals surface area contributed by atoms with Gasteiger partial charge < -0.3 is 15.0 Å². The maximum atomic E-state index is 5.97. The summed E-state index contributed by atoms with van der Waals surface area (Å²) in [5.74, 6) is 2.01. The van der Waals surface area contributed by atoms with Crippen molar-refractivity contribution < 1.29 is 9.26 Å². The molecule has 2 rings (SSSR count). The third-order valence-electron chi connectivity index (χ3n) is 3.09. The summed E-state index contributed by atoms with van der Waals surface area (Å²) in [6, 6.07) is 7.89. The van der Waals surface area contributed by atoms with Gasteiger partial charge in [-0.2, -0.15) is 4.98 Å². The van der Waals surface area contributed by atoms with Gasteiger partial charge in [0.1, 0.15) is 5.75 Å². The Balaban J connectivity index is 1.89. The molecule has 108 valence electrons. The molecule has 1 heterocycles. The number of hydrogen-bond donors (Lipinski definition) is 1. The van der Waals surface area contributed by atoms with Crippen molar-refractivity contribution in [3.05, 3.63) is 41.5 Å². The lowest BCUT2D eigenvalue weighted by atomic mass is 10.1. The van der Waals surface area contributed by atoms with Gasteiger partial charge in [-0.1, -0.05) is 31.1 Å². The second-order valence-electron chi connectivity index (χ2n) is 4.73. The molecule has 0 amide bonds. The first kappa shape index (κ1) is 14.5. The highest BCUT2D eigenvalue weighted by Crippen LogP contribution is 2.18. The smallest absolute Gasteiger partial charge is 0.226 e. The molecule has 0 radical (unpaired) electrons. The monoisotopic (exact) mass is 275 g/mol. The van der Waals surface area contributed by atoms with E-state index < -0.39 is 0 Å². The van der Waals surface area contributed by atoms with Crippen LogP contribution >= 0.6 is 0 Å². The number of benzene rings is 1. The Labute approximate surface area is 119 Å². The lowest BCUT2D eigenvalue weighted by molar-refractivity contribution is 0.285. The quantitative estimate of drug-likeness (QED) is 0.840. The molecule has 1 aromatic heterocycles. The van der Waals surface area contributed by atoms with E-state index in [0.29, 0.717) is 18.3 Å². The van der Waals surface area contributed by atoms with Crippen molar-refractivity contribution in [1.29, 1.82) is 0 Å². The topological polar surface area (TPSA) is 74.2 Å². The molecule has 0 saturated heterocycles. The highest BCUT2D eigenvalue weighted by Gasteiger charge is 2.07. The van der Waals surface area contributed by atoms with Crippen molar-refractivity contribution in [2.45, 2.75) is 45.8 Å². The molecule has 0 unspecified atom stereocenters. The number of ether oxygens (including phenoxy) is 1. The second-order valence-corrected chi connectivity index (χ2v) is 4.73. The highest BCUT2D eigenvalue weighted by molar-refractivity contribution is 5.29. The van der Waals surface area contributed by atoms with Crippen LogP contribution in [-0.2, 0) is 13.0 Å². The lowest BCUT2D eigenvalue weighted by Gasteiger charge is -2.10. The lowest BCUT2D eigenvalue weighted by Crippen LogP contribution is -2.08. The summed E-state index contributed by atoms with van der Waals surface area (Å²) in [5.41, 5.74) is 7.08. The van der Waals surface area contributed by atoms with Crippen LogP contribution in [0.3, 0.4) is 0 Å². The second kappa shape index (κ2) is 7.05. The normalized spacial score (nSPS) is 12.3. The zero-order valence-corrected chi connectivity index (χ0v) is 12.0. The molecule has 0 aliphatic carbocycles. The summed E-state index contributed by atoms with van der Waals surface area (Å²) in [7, 11) is 0. The molecule has 0 aliphatic rings. The van der Waals surface area contributed by atoms with Crippen LogP contribution in [0.2, 0.25) is 0 Å². The Morgan fingerprint density at radius 3 is 2.65 bits per heavy atom. The van der Waals surface area contributed by atoms with E-state index >= 15 is 0 Å². The van der Waals surface area contributed by atoms with Gasteiger partial charge in [-0.05, 0) is 30.5 Å². The van der Waals surface area contributed by atoms with Gasteiger partial charge in [-0.25, -0.2) is 0 Å². The predicted octanol–water partition coefficient (Wildman–Crippen LogP) is 3.01. The number of rotatable bonds is 7.